The van der Waals surface area contributed by atoms with Crippen molar-refractivity contribution in [3.05, 3.63) is 86.1 Å². The number of fused-ring (bicyclic) bond motifs is 1. The number of nitrogens with one attached hydrogen (secondary N) is 1. The van der Waals surface area contributed by atoms with E-state index in [-0.39, 0.29) is 30.1 Å². The van der Waals surface area contributed by atoms with Crippen molar-refractivity contribution in [1.82, 2.24) is 9.97 Å². The van der Waals surface area contributed by atoms with Crippen LogP contribution in [0.1, 0.15) is 46.4 Å². The van der Waals surface area contributed by atoms with E-state index < -0.39 is 0 Å². The lowest BCUT2D eigenvalue weighted by Gasteiger charge is -2.34. The third-order valence-electron chi connectivity index (χ3n) is 7.21. The van der Waals surface area contributed by atoms with Crippen LogP contribution < -0.4 is 10.3 Å². The number of benzene rings is 2. The van der Waals surface area contributed by atoms with Crippen LogP contribution >= 0.6 is 11.8 Å². The lowest BCUT2D eigenvalue weighted by molar-refractivity contribution is 0.401. The van der Waals surface area contributed by atoms with Gasteiger partial charge in [-0.3, -0.25) is 4.79 Å². The topological polar surface area (TPSA) is 49.0 Å². The summed E-state index contributed by atoms with van der Waals surface area (Å²) in [5, 5.41) is 0.599. The highest BCUT2D eigenvalue weighted by Crippen LogP contribution is 2.41. The number of halogens is 1. The largest absolute Gasteiger partial charge is 0.467 e. The summed E-state index contributed by atoms with van der Waals surface area (Å²) in [6, 6.07) is 12.0. The van der Waals surface area contributed by atoms with E-state index in [0.717, 1.165) is 34.3 Å². The molecule has 34 heavy (non-hydrogen) atoms. The fourth-order valence-corrected chi connectivity index (χ4v) is 5.47. The molecule has 1 heterocycles. The van der Waals surface area contributed by atoms with E-state index in [4.69, 9.17) is 7.98 Å². The first-order valence-electron chi connectivity index (χ1n) is 11.7. The Balaban J connectivity index is 1.72. The number of anilines is 1. The Morgan fingerprint density at radius 3 is 2.65 bits per heavy atom. The molecule has 0 amide bonds. The molecule has 1 N–H and O–H groups in total. The molecule has 0 saturated heterocycles. The molecule has 0 aliphatic heterocycles. The van der Waals surface area contributed by atoms with Crippen molar-refractivity contribution in [2.75, 3.05) is 11.0 Å². The SMILES string of the molecule is [B]N(B(C)Cc1ccccc1)c1cc(C)c(C)c(C2Cc3nc(SC)[nH]c(=O)c3CC2C)c1F. The zero-order valence-corrected chi connectivity index (χ0v) is 21.3. The number of thioether (sulfide) groups is 1. The van der Waals surface area contributed by atoms with Crippen molar-refractivity contribution in [2.45, 2.75) is 57.8 Å². The van der Waals surface area contributed by atoms with Crippen LogP contribution in [0, 0.1) is 25.6 Å². The van der Waals surface area contributed by atoms with Crippen LogP contribution in [0.3, 0.4) is 0 Å². The van der Waals surface area contributed by atoms with Gasteiger partial charge in [0.15, 0.2) is 5.16 Å². The van der Waals surface area contributed by atoms with Crippen molar-refractivity contribution in [2.24, 2.45) is 5.92 Å². The van der Waals surface area contributed by atoms with Gasteiger partial charge in [-0.25, -0.2) is 9.37 Å². The van der Waals surface area contributed by atoms with Crippen molar-refractivity contribution >= 4 is 32.3 Å². The average molecular weight is 473 g/mol. The first-order chi connectivity index (χ1) is 16.2. The van der Waals surface area contributed by atoms with Gasteiger partial charge < -0.3 is 9.71 Å². The first kappa shape index (κ1) is 24.6. The van der Waals surface area contributed by atoms with Crippen LogP contribution in [-0.2, 0) is 19.2 Å². The van der Waals surface area contributed by atoms with Crippen LogP contribution in [0.4, 0.5) is 10.1 Å². The zero-order valence-electron chi connectivity index (χ0n) is 20.5. The highest BCUT2D eigenvalue weighted by Gasteiger charge is 2.34. The fourth-order valence-electron chi connectivity index (χ4n) is 5.07. The quantitative estimate of drug-likeness (QED) is 0.309. The second kappa shape index (κ2) is 10.0. The molecular formula is C26H30B2FN3OS. The van der Waals surface area contributed by atoms with Crippen molar-refractivity contribution in [1.29, 1.82) is 0 Å². The predicted molar refractivity (Wildman–Crippen MR) is 142 cm³/mol. The molecule has 0 saturated carbocycles. The Bertz CT molecular complexity index is 1250. The summed E-state index contributed by atoms with van der Waals surface area (Å²) in [4.78, 5) is 20.1. The smallest absolute Gasteiger partial charge is 0.254 e. The van der Waals surface area contributed by atoms with Crippen LogP contribution in [0.25, 0.3) is 0 Å². The van der Waals surface area contributed by atoms with E-state index in [0.29, 0.717) is 29.2 Å². The molecule has 2 radical (unpaired) electrons. The van der Waals surface area contributed by atoms with Gasteiger partial charge in [0.2, 0.25) is 14.8 Å². The molecule has 0 bridgehead atoms. The summed E-state index contributed by atoms with van der Waals surface area (Å²) >= 11 is 1.41. The summed E-state index contributed by atoms with van der Waals surface area (Å²) < 4.78 is 17.8. The predicted octanol–water partition coefficient (Wildman–Crippen LogP) is 5.06. The molecule has 8 heteroatoms. The van der Waals surface area contributed by atoms with Gasteiger partial charge in [0, 0.05) is 11.3 Å². The van der Waals surface area contributed by atoms with Gasteiger partial charge >= 0.3 is 0 Å². The fraction of sp³-hybridized carbons (Fsp3) is 0.385. The maximum atomic E-state index is 16.2. The highest BCUT2D eigenvalue weighted by atomic mass is 32.2. The molecular weight excluding hydrogens is 443 g/mol. The Morgan fingerprint density at radius 2 is 1.97 bits per heavy atom. The maximum Gasteiger partial charge on any atom is 0.254 e. The summed E-state index contributed by atoms with van der Waals surface area (Å²) in [7, 11) is 6.51. The number of hydrogen-bond acceptors (Lipinski definition) is 4. The average Bonchev–Trinajstić information content (AvgIpc) is 2.82. The Labute approximate surface area is 207 Å². The van der Waals surface area contributed by atoms with Crippen molar-refractivity contribution in [3.8, 4) is 0 Å². The van der Waals surface area contributed by atoms with E-state index >= 15 is 4.39 Å². The van der Waals surface area contributed by atoms with E-state index in [1.165, 1.54) is 11.8 Å². The molecule has 4 nitrogen and oxygen atoms in total. The van der Waals surface area contributed by atoms with Gasteiger partial charge in [-0.1, -0.05) is 61.4 Å². The van der Waals surface area contributed by atoms with Gasteiger partial charge in [-0.05, 0) is 73.9 Å². The third kappa shape index (κ3) is 4.70. The van der Waals surface area contributed by atoms with Crippen LogP contribution in [0.2, 0.25) is 6.82 Å². The summed E-state index contributed by atoms with van der Waals surface area (Å²) in [5.74, 6) is -0.236. The lowest BCUT2D eigenvalue weighted by atomic mass is 9.56. The second-order valence-electron chi connectivity index (χ2n) is 9.50. The molecule has 2 unspecified atom stereocenters. The zero-order chi connectivity index (χ0) is 24.6. The van der Waals surface area contributed by atoms with E-state index in [1.54, 1.807) is 4.72 Å². The molecule has 1 aliphatic carbocycles. The molecule has 4 rings (SSSR count). The Hall–Kier alpha value is -2.47. The normalized spacial score (nSPS) is 17.4. The van der Waals surface area contributed by atoms with Crippen molar-refractivity contribution in [3.63, 3.8) is 0 Å². The third-order valence-corrected chi connectivity index (χ3v) is 7.79. The lowest BCUT2D eigenvalue weighted by Crippen LogP contribution is -2.38. The summed E-state index contributed by atoms with van der Waals surface area (Å²) in [6.07, 6.45) is 3.72. The Kier molecular flexibility index (Phi) is 7.27. The number of nitrogens with zero attached hydrogens (tertiary/aromatic N) is 2. The molecule has 0 fully saturated rings. The minimum Gasteiger partial charge on any atom is -0.467 e. The van der Waals surface area contributed by atoms with Gasteiger partial charge in [0.25, 0.3) is 5.56 Å². The molecule has 3 aromatic rings. The van der Waals surface area contributed by atoms with Crippen LogP contribution in [-0.4, -0.2) is 31.1 Å². The summed E-state index contributed by atoms with van der Waals surface area (Å²) in [6.45, 7) is 8.01. The summed E-state index contributed by atoms with van der Waals surface area (Å²) in [5.41, 5.74) is 5.66. The molecule has 2 aromatic carbocycles. The van der Waals surface area contributed by atoms with Gasteiger partial charge in [0.05, 0.1) is 5.69 Å². The minimum absolute atomic E-state index is 0.0759. The van der Waals surface area contributed by atoms with Gasteiger partial charge in [-0.15, -0.1) is 0 Å². The Morgan fingerprint density at radius 1 is 1.26 bits per heavy atom. The monoisotopic (exact) mass is 473 g/mol. The molecule has 1 aromatic heterocycles. The first-order valence-corrected chi connectivity index (χ1v) is 13.0. The van der Waals surface area contributed by atoms with Gasteiger partial charge in [0.1, 0.15) is 5.82 Å². The van der Waals surface area contributed by atoms with Crippen LogP contribution in [0.5, 0.6) is 0 Å². The molecule has 1 aliphatic rings. The number of aromatic nitrogens is 2. The minimum atomic E-state index is -0.263. The maximum absolute atomic E-state index is 16.2. The number of H-pyrrole nitrogens is 1. The number of aryl methyl sites for hydroxylation is 1. The molecule has 174 valence electrons. The van der Waals surface area contributed by atoms with Crippen LogP contribution in [0.15, 0.2) is 46.3 Å². The molecule has 2 atom stereocenters. The number of hydrogen-bond donors (Lipinski definition) is 1. The van der Waals surface area contributed by atoms with Gasteiger partial charge in [-0.2, -0.15) is 0 Å². The second-order valence-corrected chi connectivity index (χ2v) is 10.3. The van der Waals surface area contributed by atoms with Crippen molar-refractivity contribution < 1.29 is 4.39 Å². The van der Waals surface area contributed by atoms with E-state index in [1.807, 2.05) is 51.2 Å². The molecule has 0 spiro atoms. The van der Waals surface area contributed by atoms with E-state index in [9.17, 15) is 4.79 Å². The standard InChI is InChI=1S/C26H30B2FN3OS/c1-15-12-22(32(27)28(4)14-18-9-7-6-8-10-18)24(29)23(17(15)3)19-13-21-20(11-16(19)2)25(33)31-26(30-21)34-5/h6-10,12,16,19H,11,13-14H2,1-5H3,(H,30,31,33). The van der Waals surface area contributed by atoms with E-state index in [2.05, 4.69) is 29.0 Å². The number of rotatable bonds is 6. The highest BCUT2D eigenvalue weighted by molar-refractivity contribution is 7.98. The number of aromatic amines is 1.